The summed E-state index contributed by atoms with van der Waals surface area (Å²) in [6.45, 7) is 5.02. The number of anilines is 1. The Balaban J connectivity index is 1.72. The summed E-state index contributed by atoms with van der Waals surface area (Å²) in [6, 6.07) is 14.1. The summed E-state index contributed by atoms with van der Waals surface area (Å²) in [6.07, 6.45) is -0.776. The van der Waals surface area contributed by atoms with Crippen LogP contribution in [0, 0.1) is 0 Å². The van der Waals surface area contributed by atoms with Crippen LogP contribution in [0.2, 0.25) is 0 Å². The number of ether oxygens (including phenoxy) is 2. The molecule has 0 bridgehead atoms. The fourth-order valence-corrected chi connectivity index (χ4v) is 3.95. The molecule has 8 heteroatoms. The monoisotopic (exact) mass is 423 g/mol. The summed E-state index contributed by atoms with van der Waals surface area (Å²) in [4.78, 5) is 39.2. The molecule has 2 aromatic rings. The maximum Gasteiger partial charge on any atom is 0.411 e. The second-order valence-electron chi connectivity index (χ2n) is 8.83. The number of primary amides is 1. The van der Waals surface area contributed by atoms with Gasteiger partial charge in [-0.25, -0.2) is 4.79 Å². The van der Waals surface area contributed by atoms with Gasteiger partial charge in [0.15, 0.2) is 5.75 Å². The van der Waals surface area contributed by atoms with Gasteiger partial charge in [0.2, 0.25) is 11.5 Å². The highest BCUT2D eigenvalue weighted by Gasteiger charge is 2.57. The predicted molar refractivity (Wildman–Crippen MR) is 114 cm³/mol. The molecule has 1 fully saturated rings. The number of carbonyl (C=O) groups excluding carboxylic acids is 3. The number of benzene rings is 2. The highest BCUT2D eigenvalue weighted by atomic mass is 16.6. The molecule has 0 radical (unpaired) electrons. The molecular weight excluding hydrogens is 398 g/mol. The number of nitrogens with one attached hydrogen (secondary N) is 1. The van der Waals surface area contributed by atoms with Gasteiger partial charge in [-0.1, -0.05) is 42.5 Å². The first-order chi connectivity index (χ1) is 14.6. The molecule has 0 aromatic heterocycles. The molecule has 0 unspecified atom stereocenters. The molecular formula is C23H25N3O5. The van der Waals surface area contributed by atoms with E-state index in [-0.39, 0.29) is 13.0 Å². The lowest BCUT2D eigenvalue weighted by Crippen LogP contribution is -2.53. The number of carbonyl (C=O) groups is 3. The topological polar surface area (TPSA) is 111 Å². The van der Waals surface area contributed by atoms with Crippen LogP contribution in [0.5, 0.6) is 5.75 Å². The molecule has 2 aromatic carbocycles. The number of fused-ring (bicyclic) bond motifs is 1. The highest BCUT2D eigenvalue weighted by Crippen LogP contribution is 2.45. The Hall–Kier alpha value is -3.55. The predicted octanol–water partition coefficient (Wildman–Crippen LogP) is 2.92. The number of nitrogens with zero attached hydrogens (tertiary/aromatic N) is 1. The Morgan fingerprint density at radius 1 is 1.16 bits per heavy atom. The third-order valence-electron chi connectivity index (χ3n) is 5.34. The summed E-state index contributed by atoms with van der Waals surface area (Å²) >= 11 is 0. The van der Waals surface area contributed by atoms with Crippen LogP contribution in [0.15, 0.2) is 48.5 Å². The van der Waals surface area contributed by atoms with E-state index in [1.54, 1.807) is 26.8 Å². The molecule has 2 heterocycles. The largest absolute Gasteiger partial charge is 0.473 e. The quantitative estimate of drug-likeness (QED) is 0.772. The number of para-hydroxylation sites is 1. The third-order valence-corrected chi connectivity index (χ3v) is 5.34. The van der Waals surface area contributed by atoms with Crippen molar-refractivity contribution in [1.82, 2.24) is 4.90 Å². The van der Waals surface area contributed by atoms with Crippen molar-refractivity contribution in [3.63, 3.8) is 0 Å². The van der Waals surface area contributed by atoms with E-state index >= 15 is 0 Å². The van der Waals surface area contributed by atoms with Crippen molar-refractivity contribution in [2.45, 2.75) is 44.4 Å². The molecule has 3 N–H and O–H groups in total. The van der Waals surface area contributed by atoms with E-state index in [0.717, 1.165) is 11.1 Å². The van der Waals surface area contributed by atoms with Gasteiger partial charge in [-0.15, -0.1) is 0 Å². The average Bonchev–Trinajstić information content (AvgIpc) is 3.09. The van der Waals surface area contributed by atoms with Gasteiger partial charge in [0, 0.05) is 12.0 Å². The van der Waals surface area contributed by atoms with Gasteiger partial charge >= 0.3 is 6.09 Å². The van der Waals surface area contributed by atoms with Crippen molar-refractivity contribution in [2.24, 2.45) is 5.73 Å². The number of likely N-dealkylation sites (tertiary alicyclic amines) is 1. The molecule has 1 saturated heterocycles. The van der Waals surface area contributed by atoms with Gasteiger partial charge in [0.05, 0.1) is 12.2 Å². The zero-order valence-corrected chi connectivity index (χ0v) is 17.7. The molecule has 2 aliphatic heterocycles. The van der Waals surface area contributed by atoms with Gasteiger partial charge < -0.3 is 20.5 Å². The van der Waals surface area contributed by atoms with Crippen molar-refractivity contribution >= 4 is 23.6 Å². The van der Waals surface area contributed by atoms with Gasteiger partial charge in [0.25, 0.3) is 5.91 Å². The average molecular weight is 423 g/mol. The molecule has 162 valence electrons. The van der Waals surface area contributed by atoms with Gasteiger partial charge in [-0.3, -0.25) is 14.5 Å². The second kappa shape index (κ2) is 7.30. The first-order valence-electron chi connectivity index (χ1n) is 10.1. The molecule has 4 rings (SSSR count). The fourth-order valence-electron chi connectivity index (χ4n) is 3.95. The summed E-state index contributed by atoms with van der Waals surface area (Å²) in [5.41, 5.74) is 5.59. The maximum atomic E-state index is 13.1. The summed E-state index contributed by atoms with van der Waals surface area (Å²) in [5.74, 6) is -0.661. The summed E-state index contributed by atoms with van der Waals surface area (Å²) in [5, 5.41) is 2.88. The van der Waals surface area contributed by atoms with E-state index in [9.17, 15) is 14.4 Å². The van der Waals surface area contributed by atoms with Gasteiger partial charge in [0.1, 0.15) is 11.6 Å². The molecule has 2 atom stereocenters. The summed E-state index contributed by atoms with van der Waals surface area (Å²) in [7, 11) is 0. The minimum atomic E-state index is -1.45. The normalized spacial score (nSPS) is 22.5. The van der Waals surface area contributed by atoms with Gasteiger partial charge in [-0.2, -0.15) is 0 Å². The van der Waals surface area contributed by atoms with E-state index in [4.69, 9.17) is 15.2 Å². The van der Waals surface area contributed by atoms with Crippen LogP contribution in [-0.4, -0.2) is 46.6 Å². The second-order valence-corrected chi connectivity index (χ2v) is 8.83. The van der Waals surface area contributed by atoms with Gasteiger partial charge in [-0.05, 0) is 32.4 Å². The Bertz CT molecular complexity index is 1050. The molecule has 0 saturated carbocycles. The lowest BCUT2D eigenvalue weighted by Gasteiger charge is -2.35. The lowest BCUT2D eigenvalue weighted by atomic mass is 9.94. The smallest absolute Gasteiger partial charge is 0.411 e. The van der Waals surface area contributed by atoms with E-state index in [0.29, 0.717) is 11.4 Å². The minimum absolute atomic E-state index is 0.0596. The SMILES string of the molecule is CC(C)(C)OC(=O)N1C[C@@]2(C[C@H]1C(N)=O)Oc1c(cccc1-c1ccccc1)NC2=O. The van der Waals surface area contributed by atoms with E-state index in [1.165, 1.54) is 4.90 Å². The van der Waals surface area contributed by atoms with Crippen LogP contribution in [-0.2, 0) is 14.3 Å². The van der Waals surface area contributed by atoms with Crippen LogP contribution >= 0.6 is 0 Å². The number of amides is 3. The van der Waals surface area contributed by atoms with Crippen LogP contribution in [0.25, 0.3) is 11.1 Å². The Morgan fingerprint density at radius 3 is 2.52 bits per heavy atom. The van der Waals surface area contributed by atoms with E-state index in [1.807, 2.05) is 42.5 Å². The molecule has 3 amide bonds. The van der Waals surface area contributed by atoms with Crippen LogP contribution < -0.4 is 15.8 Å². The molecule has 2 aliphatic rings. The Kier molecular flexibility index (Phi) is 4.88. The van der Waals surface area contributed by atoms with Crippen molar-refractivity contribution < 1.29 is 23.9 Å². The molecule has 31 heavy (non-hydrogen) atoms. The van der Waals surface area contributed by atoms with Crippen molar-refractivity contribution in [2.75, 3.05) is 11.9 Å². The molecule has 1 spiro atoms. The Morgan fingerprint density at radius 2 is 1.87 bits per heavy atom. The van der Waals surface area contributed by atoms with E-state index in [2.05, 4.69) is 5.32 Å². The maximum absolute atomic E-state index is 13.1. The summed E-state index contributed by atoms with van der Waals surface area (Å²) < 4.78 is 11.7. The standard InChI is InChI=1S/C23H25N3O5/c1-22(2,3)31-21(29)26-13-23(12-17(26)19(24)27)20(28)25-16-11-7-10-15(18(16)30-23)14-8-5-4-6-9-14/h4-11,17H,12-13H2,1-3H3,(H2,24,27)(H,25,28)/t17-,23+/m0/s1. The zero-order valence-electron chi connectivity index (χ0n) is 17.7. The minimum Gasteiger partial charge on any atom is -0.473 e. The number of hydrogen-bond donors (Lipinski definition) is 2. The first-order valence-corrected chi connectivity index (χ1v) is 10.1. The number of rotatable bonds is 2. The van der Waals surface area contributed by atoms with E-state index < -0.39 is 35.2 Å². The lowest BCUT2D eigenvalue weighted by molar-refractivity contribution is -0.131. The van der Waals surface area contributed by atoms with Crippen LogP contribution in [0.1, 0.15) is 27.2 Å². The number of nitrogens with two attached hydrogens (primary N) is 1. The highest BCUT2D eigenvalue weighted by molar-refractivity contribution is 6.04. The number of hydrogen-bond acceptors (Lipinski definition) is 5. The Labute approximate surface area is 180 Å². The van der Waals surface area contributed by atoms with Crippen LogP contribution in [0.3, 0.4) is 0 Å². The van der Waals surface area contributed by atoms with Crippen LogP contribution in [0.4, 0.5) is 10.5 Å². The fraction of sp³-hybridized carbons (Fsp3) is 0.348. The first kappa shape index (κ1) is 20.7. The van der Waals surface area contributed by atoms with Crippen molar-refractivity contribution in [1.29, 1.82) is 0 Å². The zero-order chi connectivity index (χ0) is 22.4. The molecule has 8 nitrogen and oxygen atoms in total. The molecule has 0 aliphatic carbocycles. The third kappa shape index (κ3) is 3.81. The van der Waals surface area contributed by atoms with Crippen molar-refractivity contribution in [3.8, 4) is 16.9 Å². The van der Waals surface area contributed by atoms with Crippen molar-refractivity contribution in [3.05, 3.63) is 48.5 Å².